The first-order valence-corrected chi connectivity index (χ1v) is 6.48. The third kappa shape index (κ3) is 1.90. The number of methoxy groups -OCH3 is 1. The number of nitrogens with zero attached hydrogens (tertiary/aromatic N) is 1. The van der Waals surface area contributed by atoms with E-state index in [1.807, 2.05) is 55.6 Å². The van der Waals surface area contributed by atoms with Crippen molar-refractivity contribution in [1.29, 1.82) is 0 Å². The number of amides is 1. The molecule has 1 amide bonds. The lowest BCUT2D eigenvalue weighted by Gasteiger charge is -2.36. The Morgan fingerprint density at radius 3 is 2.60 bits per heavy atom. The quantitative estimate of drug-likeness (QED) is 0.910. The van der Waals surface area contributed by atoms with E-state index in [4.69, 9.17) is 4.74 Å². The minimum absolute atomic E-state index is 0.0605. The fourth-order valence-corrected chi connectivity index (χ4v) is 2.59. The first-order valence-electron chi connectivity index (χ1n) is 6.48. The number of benzene rings is 2. The summed E-state index contributed by atoms with van der Waals surface area (Å²) in [6.45, 7) is 0. The molecule has 4 nitrogen and oxygen atoms in total. The molecule has 1 unspecified atom stereocenters. The normalized spacial score (nSPS) is 17.4. The highest BCUT2D eigenvalue weighted by Gasteiger charge is 2.30. The van der Waals surface area contributed by atoms with E-state index in [9.17, 15) is 4.79 Å². The molecule has 0 radical (unpaired) electrons. The molecule has 1 heterocycles. The smallest absolute Gasteiger partial charge is 0.255 e. The van der Waals surface area contributed by atoms with E-state index in [1.165, 1.54) is 0 Å². The van der Waals surface area contributed by atoms with Gasteiger partial charge in [-0.25, -0.2) is 0 Å². The number of rotatable bonds is 2. The van der Waals surface area contributed by atoms with Crippen LogP contribution in [0.25, 0.3) is 0 Å². The summed E-state index contributed by atoms with van der Waals surface area (Å²) in [5, 5.41) is 3.02. The number of anilines is 1. The highest BCUT2D eigenvalue weighted by Crippen LogP contribution is 2.34. The molecule has 1 N–H and O–H groups in total. The maximum atomic E-state index is 12.2. The Morgan fingerprint density at radius 2 is 1.80 bits per heavy atom. The summed E-state index contributed by atoms with van der Waals surface area (Å²) in [6, 6.07) is 15.3. The second-order valence-electron chi connectivity index (χ2n) is 4.75. The van der Waals surface area contributed by atoms with E-state index in [1.54, 1.807) is 7.11 Å². The van der Waals surface area contributed by atoms with Gasteiger partial charge in [0.25, 0.3) is 5.91 Å². The van der Waals surface area contributed by atoms with Gasteiger partial charge in [0.2, 0.25) is 0 Å². The molecule has 4 heteroatoms. The molecule has 3 rings (SSSR count). The van der Waals surface area contributed by atoms with Crippen molar-refractivity contribution < 1.29 is 9.53 Å². The van der Waals surface area contributed by atoms with Crippen LogP contribution in [0, 0.1) is 0 Å². The molecular formula is C16H16N2O2. The molecular weight excluding hydrogens is 252 g/mol. The van der Waals surface area contributed by atoms with Crippen LogP contribution in [0.2, 0.25) is 0 Å². The summed E-state index contributed by atoms with van der Waals surface area (Å²) in [7, 11) is 3.60. The second-order valence-corrected chi connectivity index (χ2v) is 4.75. The van der Waals surface area contributed by atoms with Crippen LogP contribution < -0.4 is 15.0 Å². The van der Waals surface area contributed by atoms with E-state index in [-0.39, 0.29) is 12.1 Å². The molecule has 1 atom stereocenters. The Bertz CT molecular complexity index is 654. The van der Waals surface area contributed by atoms with Crippen molar-refractivity contribution >= 4 is 11.6 Å². The van der Waals surface area contributed by atoms with Gasteiger partial charge in [-0.1, -0.05) is 30.3 Å². The number of carbonyl (C=O) groups is 1. The monoisotopic (exact) mass is 268 g/mol. The molecule has 0 bridgehead atoms. The van der Waals surface area contributed by atoms with Crippen LogP contribution in [0.1, 0.15) is 22.1 Å². The second kappa shape index (κ2) is 4.89. The third-order valence-corrected chi connectivity index (χ3v) is 3.62. The maximum Gasteiger partial charge on any atom is 0.255 e. The summed E-state index contributed by atoms with van der Waals surface area (Å²) >= 11 is 0. The third-order valence-electron chi connectivity index (χ3n) is 3.62. The van der Waals surface area contributed by atoms with Crippen molar-refractivity contribution in [3.8, 4) is 5.75 Å². The van der Waals surface area contributed by atoms with Crippen molar-refractivity contribution in [2.24, 2.45) is 0 Å². The van der Waals surface area contributed by atoms with Crippen molar-refractivity contribution in [3.05, 3.63) is 59.7 Å². The molecule has 2 aromatic carbocycles. The number of para-hydroxylation sites is 2. The van der Waals surface area contributed by atoms with E-state index < -0.39 is 0 Å². The van der Waals surface area contributed by atoms with Crippen LogP contribution in [0.3, 0.4) is 0 Å². The Balaban J connectivity index is 2.07. The summed E-state index contributed by atoms with van der Waals surface area (Å²) in [4.78, 5) is 14.3. The fourth-order valence-electron chi connectivity index (χ4n) is 2.59. The molecule has 0 aliphatic carbocycles. The molecule has 102 valence electrons. The van der Waals surface area contributed by atoms with Crippen LogP contribution >= 0.6 is 0 Å². The molecule has 1 aliphatic rings. The zero-order valence-electron chi connectivity index (χ0n) is 11.5. The van der Waals surface area contributed by atoms with Gasteiger partial charge in [0.15, 0.2) is 0 Å². The van der Waals surface area contributed by atoms with Gasteiger partial charge in [0, 0.05) is 12.6 Å². The fraction of sp³-hybridized carbons (Fsp3) is 0.188. The molecule has 2 aromatic rings. The highest BCUT2D eigenvalue weighted by molar-refractivity contribution is 6.02. The summed E-state index contributed by atoms with van der Waals surface area (Å²) < 4.78 is 5.39. The number of nitrogens with one attached hydrogen (secondary N) is 1. The average molecular weight is 268 g/mol. The van der Waals surface area contributed by atoms with Crippen molar-refractivity contribution in [3.63, 3.8) is 0 Å². The molecule has 20 heavy (non-hydrogen) atoms. The number of ether oxygens (including phenoxy) is 1. The van der Waals surface area contributed by atoms with Gasteiger partial charge < -0.3 is 15.0 Å². The van der Waals surface area contributed by atoms with Gasteiger partial charge in [-0.2, -0.15) is 0 Å². The number of hydrogen-bond acceptors (Lipinski definition) is 3. The Kier molecular flexibility index (Phi) is 3.06. The van der Waals surface area contributed by atoms with Gasteiger partial charge in [0.05, 0.1) is 18.4 Å². The van der Waals surface area contributed by atoms with Gasteiger partial charge in [-0.05, 0) is 18.2 Å². The van der Waals surface area contributed by atoms with Crippen LogP contribution in [0.4, 0.5) is 5.69 Å². The number of hydrogen-bond donors (Lipinski definition) is 1. The zero-order valence-corrected chi connectivity index (χ0v) is 11.5. The van der Waals surface area contributed by atoms with E-state index >= 15 is 0 Å². The van der Waals surface area contributed by atoms with Gasteiger partial charge in [-0.3, -0.25) is 4.79 Å². The lowest BCUT2D eigenvalue weighted by Crippen LogP contribution is -2.44. The van der Waals surface area contributed by atoms with E-state index in [0.717, 1.165) is 17.0 Å². The van der Waals surface area contributed by atoms with Crippen LogP contribution in [-0.2, 0) is 0 Å². The van der Waals surface area contributed by atoms with Gasteiger partial charge >= 0.3 is 0 Å². The van der Waals surface area contributed by atoms with Crippen molar-refractivity contribution in [2.75, 3.05) is 19.1 Å². The highest BCUT2D eigenvalue weighted by atomic mass is 16.5. The van der Waals surface area contributed by atoms with E-state index in [2.05, 4.69) is 10.2 Å². The average Bonchev–Trinajstić information content (AvgIpc) is 2.51. The molecule has 1 aliphatic heterocycles. The van der Waals surface area contributed by atoms with Gasteiger partial charge in [0.1, 0.15) is 11.9 Å². The molecule has 0 saturated carbocycles. The predicted octanol–water partition coefficient (Wildman–Crippen LogP) is 2.57. The Morgan fingerprint density at radius 1 is 1.10 bits per heavy atom. The lowest BCUT2D eigenvalue weighted by molar-refractivity contribution is 0.0927. The zero-order chi connectivity index (χ0) is 14.1. The summed E-state index contributed by atoms with van der Waals surface area (Å²) in [6.07, 6.45) is -0.228. The van der Waals surface area contributed by atoms with Crippen LogP contribution in [0.5, 0.6) is 5.75 Å². The molecule has 0 spiro atoms. The standard InChI is InChI=1S/C16H16N2O2/c1-18-13-9-5-3-7-11(13)16(19)17-15(18)12-8-4-6-10-14(12)20-2/h3-10,15H,1-2H3,(H,17,19). The van der Waals surface area contributed by atoms with Crippen LogP contribution in [-0.4, -0.2) is 20.1 Å². The SMILES string of the molecule is COc1ccccc1C1NC(=O)c2ccccc2N1C. The number of carbonyl (C=O) groups excluding carboxylic acids is 1. The Labute approximate surface area is 118 Å². The minimum atomic E-state index is -0.228. The topological polar surface area (TPSA) is 41.6 Å². The maximum absolute atomic E-state index is 12.2. The first kappa shape index (κ1) is 12.5. The van der Waals surface area contributed by atoms with E-state index in [0.29, 0.717) is 5.56 Å². The largest absolute Gasteiger partial charge is 0.496 e. The summed E-state index contributed by atoms with van der Waals surface area (Å²) in [5.74, 6) is 0.707. The molecule has 0 saturated heterocycles. The Hall–Kier alpha value is -2.49. The van der Waals surface area contributed by atoms with Crippen LogP contribution in [0.15, 0.2) is 48.5 Å². The van der Waals surface area contributed by atoms with Crippen molar-refractivity contribution in [1.82, 2.24) is 5.32 Å². The molecule has 0 aromatic heterocycles. The van der Waals surface area contributed by atoms with Crippen molar-refractivity contribution in [2.45, 2.75) is 6.17 Å². The first-order chi connectivity index (χ1) is 9.72. The lowest BCUT2D eigenvalue weighted by atomic mass is 10.0. The minimum Gasteiger partial charge on any atom is -0.496 e. The number of fused-ring (bicyclic) bond motifs is 1. The predicted molar refractivity (Wildman–Crippen MR) is 78.0 cm³/mol. The van der Waals surface area contributed by atoms with Gasteiger partial charge in [-0.15, -0.1) is 0 Å². The summed E-state index contributed by atoms with van der Waals surface area (Å²) in [5.41, 5.74) is 2.56. The molecule has 0 fully saturated rings.